The Morgan fingerprint density at radius 1 is 0.714 bits per heavy atom. The van der Waals surface area contributed by atoms with Crippen molar-refractivity contribution in [3.63, 3.8) is 0 Å². The van der Waals surface area contributed by atoms with E-state index in [9.17, 15) is 13.8 Å². The molecule has 0 spiro atoms. The quantitative estimate of drug-likeness (QED) is 0.0191. The van der Waals surface area contributed by atoms with Gasteiger partial charge < -0.3 is 25.7 Å². The van der Waals surface area contributed by atoms with Crippen molar-refractivity contribution in [3.8, 4) is 0 Å². The Labute approximate surface area is 293 Å². The van der Waals surface area contributed by atoms with Crippen molar-refractivity contribution in [1.29, 1.82) is 0 Å². The average Bonchev–Trinajstić information content (AvgIpc) is 2.98. The van der Waals surface area contributed by atoms with Crippen molar-refractivity contribution >= 4 is 151 Å². The number of aliphatic hydroxyl groups is 2. The fourth-order valence-electron chi connectivity index (χ4n) is 1.82. The first-order valence-corrected chi connectivity index (χ1v) is 24.5. The number of nitrogens with zero attached hydrogens (tertiary/aromatic N) is 2. The van der Waals surface area contributed by atoms with Gasteiger partial charge in [-0.2, -0.15) is 4.89 Å². The molecule has 11 nitrogen and oxygen atoms in total. The molecule has 0 radical (unpaired) electrons. The number of aliphatic hydroxyl groups excluding tert-OH is 2. The molecule has 22 heteroatoms. The van der Waals surface area contributed by atoms with E-state index in [0.29, 0.717) is 44.7 Å². The summed E-state index contributed by atoms with van der Waals surface area (Å²) in [6, 6.07) is 0. The van der Waals surface area contributed by atoms with Crippen LogP contribution in [0.3, 0.4) is 0 Å². The Balaban J connectivity index is 3.30. The number of amides is 2. The van der Waals surface area contributed by atoms with E-state index < -0.39 is 10.8 Å². The van der Waals surface area contributed by atoms with Crippen LogP contribution in [-0.2, 0) is 20.6 Å². The molecule has 4 N–H and O–H groups in total. The minimum Gasteiger partial charge on any atom is -0.386 e. The van der Waals surface area contributed by atoms with Gasteiger partial charge in [-0.05, 0) is 0 Å². The number of rotatable bonds is 30. The number of carbonyl (C=O) groups excluding carboxylic acids is 2. The highest BCUT2D eigenvalue weighted by atomic mass is 32.2. The molecule has 0 fully saturated rings. The highest BCUT2D eigenvalue weighted by molar-refractivity contribution is 8.24. The van der Waals surface area contributed by atoms with Crippen LogP contribution < -0.4 is 10.6 Å². The predicted octanol–water partition coefficient (Wildman–Crippen LogP) is 5.05. The highest BCUT2D eigenvalue weighted by Crippen LogP contribution is 2.16. The molecule has 0 aromatic rings. The molecule has 1 unspecified atom stereocenters. The minimum atomic E-state index is -1.13. The van der Waals surface area contributed by atoms with Crippen molar-refractivity contribution in [2.75, 3.05) is 91.1 Å². The van der Waals surface area contributed by atoms with Gasteiger partial charge in [0.15, 0.2) is 0 Å². The standard InChI is InChI=1S/C20H38N4O7S11/c25-13-38-17-41-20(28)24-11-34-3-1-32-8-21-7-30-31-15-36-5-6-37-16-40-19(27)23-10-35-4-2-33-9-22-12-42(29)18-39-14-26/h7,12,25-26H,1-6,8-11,13-18H2,(H,23,27)(H,24,28). The maximum Gasteiger partial charge on any atom is 0.280 e. The molecule has 0 aliphatic heterocycles. The molecule has 42 heavy (non-hydrogen) atoms. The number of aliphatic imine (C=N–C) groups is 2. The van der Waals surface area contributed by atoms with Gasteiger partial charge in [-0.15, -0.1) is 94.1 Å². The largest absolute Gasteiger partial charge is 0.386 e. The van der Waals surface area contributed by atoms with E-state index in [1.807, 2.05) is 0 Å². The summed E-state index contributed by atoms with van der Waals surface area (Å²) in [6.07, 6.45) is 1.30. The lowest BCUT2D eigenvalue weighted by molar-refractivity contribution is -0.196. The summed E-state index contributed by atoms with van der Waals surface area (Å²) >= 11 is 14.8. The van der Waals surface area contributed by atoms with Gasteiger partial charge in [-0.3, -0.25) is 18.8 Å². The second-order valence-electron chi connectivity index (χ2n) is 6.52. The van der Waals surface area contributed by atoms with Crippen LogP contribution in [0.1, 0.15) is 0 Å². The normalized spacial score (nSPS) is 12.2. The summed E-state index contributed by atoms with van der Waals surface area (Å²) in [7, 11) is -1.13. The van der Waals surface area contributed by atoms with Crippen molar-refractivity contribution in [1.82, 2.24) is 10.6 Å². The molecule has 0 bridgehead atoms. The number of thioether (sulfide) groups is 10. The van der Waals surface area contributed by atoms with Crippen LogP contribution in [0.4, 0.5) is 9.59 Å². The van der Waals surface area contributed by atoms with Gasteiger partial charge in [0.1, 0.15) is 5.94 Å². The van der Waals surface area contributed by atoms with Gasteiger partial charge in [0.25, 0.3) is 10.5 Å². The van der Waals surface area contributed by atoms with Crippen molar-refractivity contribution < 1.29 is 33.8 Å². The van der Waals surface area contributed by atoms with Crippen LogP contribution in [0.2, 0.25) is 0 Å². The van der Waals surface area contributed by atoms with Crippen LogP contribution in [0.5, 0.6) is 0 Å². The molecule has 0 rings (SSSR count). The maximum absolute atomic E-state index is 11.9. The number of carbonyl (C=O) groups is 2. The van der Waals surface area contributed by atoms with Gasteiger partial charge in [-0.1, -0.05) is 23.5 Å². The Bertz CT molecular complexity index is 734. The summed E-state index contributed by atoms with van der Waals surface area (Å²) in [5.74, 6) is 8.06. The fourth-order valence-corrected chi connectivity index (χ4v) is 10.6. The van der Waals surface area contributed by atoms with E-state index in [2.05, 4.69) is 20.6 Å². The van der Waals surface area contributed by atoms with Crippen LogP contribution in [0.15, 0.2) is 9.98 Å². The first-order valence-electron chi connectivity index (χ1n) is 11.9. The third-order valence-electron chi connectivity index (χ3n) is 3.52. The van der Waals surface area contributed by atoms with Crippen LogP contribution in [0, 0.1) is 0 Å². The first-order chi connectivity index (χ1) is 20.6. The zero-order valence-electron chi connectivity index (χ0n) is 22.8. The zero-order chi connectivity index (χ0) is 30.8. The molecule has 0 saturated heterocycles. The number of nitrogens with one attached hydrogen (secondary N) is 2. The molecule has 0 aliphatic carbocycles. The third kappa shape index (κ3) is 36.1. The molecule has 0 heterocycles. The van der Waals surface area contributed by atoms with E-state index >= 15 is 0 Å². The van der Waals surface area contributed by atoms with E-state index in [1.165, 1.54) is 47.2 Å². The molecule has 2 amide bonds. The van der Waals surface area contributed by atoms with Gasteiger partial charge in [0, 0.05) is 39.6 Å². The summed E-state index contributed by atoms with van der Waals surface area (Å²) in [4.78, 5) is 41.5. The number of hydrogen-bond acceptors (Lipinski definition) is 19. The average molecular weight is 799 g/mol. The minimum absolute atomic E-state index is 0.0238. The molecular formula is C20H38N4O7S11. The third-order valence-corrected chi connectivity index (χ3v) is 14.3. The van der Waals surface area contributed by atoms with Gasteiger partial charge >= 0.3 is 0 Å². The zero-order valence-corrected chi connectivity index (χ0v) is 31.8. The molecule has 0 aliphatic rings. The Morgan fingerprint density at radius 3 is 1.90 bits per heavy atom. The van der Waals surface area contributed by atoms with Gasteiger partial charge in [0.2, 0.25) is 6.40 Å². The molecular weight excluding hydrogens is 761 g/mol. The molecule has 246 valence electrons. The van der Waals surface area contributed by atoms with Crippen LogP contribution >= 0.6 is 118 Å². The fraction of sp³-hybridized carbons (Fsp3) is 0.800. The highest BCUT2D eigenvalue weighted by Gasteiger charge is 2.02. The van der Waals surface area contributed by atoms with E-state index in [4.69, 9.17) is 20.0 Å². The summed E-state index contributed by atoms with van der Waals surface area (Å²) in [5.41, 5.74) is 1.43. The predicted molar refractivity (Wildman–Crippen MR) is 203 cm³/mol. The molecule has 1 atom stereocenters. The lowest BCUT2D eigenvalue weighted by atomic mass is 11.0. The monoisotopic (exact) mass is 798 g/mol. The Morgan fingerprint density at radius 2 is 1.26 bits per heavy atom. The van der Waals surface area contributed by atoms with E-state index in [1.54, 1.807) is 70.6 Å². The van der Waals surface area contributed by atoms with Gasteiger partial charge in [0.05, 0.1) is 61.9 Å². The topological polar surface area (TPSA) is 159 Å². The van der Waals surface area contributed by atoms with E-state index in [-0.39, 0.29) is 22.4 Å². The summed E-state index contributed by atoms with van der Waals surface area (Å²) in [6.45, 7) is 0. The second-order valence-corrected chi connectivity index (χ2v) is 19.2. The Kier molecular flexibility index (Phi) is 38.5. The SMILES string of the molecule is O=C(NCSCCSCN=COOCSCCSCSC(=O)NCSCCSCN=CS(=O)CSCO)SCSCO. The van der Waals surface area contributed by atoms with Crippen molar-refractivity contribution in [3.05, 3.63) is 0 Å². The van der Waals surface area contributed by atoms with Crippen LogP contribution in [-0.4, -0.2) is 128 Å². The molecule has 0 saturated carbocycles. The van der Waals surface area contributed by atoms with Gasteiger partial charge in [-0.25, -0.2) is 4.99 Å². The molecule has 0 aromatic heterocycles. The smallest absolute Gasteiger partial charge is 0.280 e. The summed E-state index contributed by atoms with van der Waals surface area (Å²) < 4.78 is 11.5. The van der Waals surface area contributed by atoms with Crippen molar-refractivity contribution in [2.24, 2.45) is 9.98 Å². The lowest BCUT2D eigenvalue weighted by Gasteiger charge is -2.05. The lowest BCUT2D eigenvalue weighted by Crippen LogP contribution is -2.18. The maximum atomic E-state index is 11.9. The van der Waals surface area contributed by atoms with Crippen LogP contribution in [0.25, 0.3) is 0 Å². The Hall–Kier alpha value is 1.61. The number of hydrogen-bond donors (Lipinski definition) is 4. The van der Waals surface area contributed by atoms with Crippen molar-refractivity contribution in [2.45, 2.75) is 0 Å². The first kappa shape index (κ1) is 43.6. The van der Waals surface area contributed by atoms with E-state index in [0.717, 1.165) is 46.3 Å². The second kappa shape index (κ2) is 37.1. The molecule has 0 aromatic carbocycles. The summed E-state index contributed by atoms with van der Waals surface area (Å²) in [5, 5.41) is 24.5.